The number of halogens is 2. The molecule has 8 heteroatoms. The molecule has 0 unspecified atom stereocenters. The minimum atomic E-state index is -0.560. The van der Waals surface area contributed by atoms with Crippen LogP contribution in [0.25, 0.3) is 6.08 Å². The molecule has 1 fully saturated rings. The highest BCUT2D eigenvalue weighted by Gasteiger charge is 2.41. The van der Waals surface area contributed by atoms with Crippen molar-refractivity contribution in [3.63, 3.8) is 0 Å². The molecule has 1 aliphatic heterocycles. The molecule has 4 aromatic carbocycles. The minimum absolute atomic E-state index is 0.0198. The first-order valence-corrected chi connectivity index (χ1v) is 12.8. The van der Waals surface area contributed by atoms with E-state index < -0.39 is 11.8 Å². The Balaban J connectivity index is 1.48. The van der Waals surface area contributed by atoms with Gasteiger partial charge in [0.15, 0.2) is 5.11 Å². The fourth-order valence-corrected chi connectivity index (χ4v) is 4.62. The predicted molar refractivity (Wildman–Crippen MR) is 156 cm³/mol. The van der Waals surface area contributed by atoms with Gasteiger partial charge in [-0.05, 0) is 71.9 Å². The van der Waals surface area contributed by atoms with Crippen LogP contribution in [-0.2, 0) is 16.2 Å². The van der Waals surface area contributed by atoms with Crippen LogP contribution >= 0.6 is 35.4 Å². The zero-order valence-corrected chi connectivity index (χ0v) is 22.2. The van der Waals surface area contributed by atoms with Crippen molar-refractivity contribution < 1.29 is 14.3 Å². The van der Waals surface area contributed by atoms with Gasteiger partial charge in [-0.15, -0.1) is 0 Å². The molecule has 5 nitrogen and oxygen atoms in total. The lowest BCUT2D eigenvalue weighted by Gasteiger charge is -2.36. The van der Waals surface area contributed by atoms with Gasteiger partial charge in [-0.3, -0.25) is 19.4 Å². The highest BCUT2D eigenvalue weighted by atomic mass is 35.5. The van der Waals surface area contributed by atoms with Crippen molar-refractivity contribution >= 4 is 69.8 Å². The van der Waals surface area contributed by atoms with E-state index >= 15 is 0 Å². The number of nitrogens with zero attached hydrogens (tertiary/aromatic N) is 2. The van der Waals surface area contributed by atoms with Crippen LogP contribution in [0.4, 0.5) is 11.4 Å². The van der Waals surface area contributed by atoms with E-state index in [9.17, 15) is 9.59 Å². The number of rotatable bonds is 6. The van der Waals surface area contributed by atoms with Crippen molar-refractivity contribution in [2.45, 2.75) is 6.61 Å². The van der Waals surface area contributed by atoms with Gasteiger partial charge in [0, 0.05) is 0 Å². The third-order valence-electron chi connectivity index (χ3n) is 5.86. The van der Waals surface area contributed by atoms with Gasteiger partial charge in [0.2, 0.25) is 0 Å². The number of carbonyl (C=O) groups is 2. The number of benzene rings is 4. The summed E-state index contributed by atoms with van der Waals surface area (Å²) in [6, 6.07) is 30.7. The van der Waals surface area contributed by atoms with E-state index in [1.165, 1.54) is 9.80 Å². The number of ether oxygens (including phenoxy) is 1. The standard InChI is InChI=1S/C30H20Cl2N2O3S/c31-26-16-13-23(18-27(26)32)34-29(36)25(28(35)33(30(34)38)22-9-5-2-6-10-22)17-20-11-14-24(15-12-20)37-19-21-7-3-1-4-8-21/h1-18H,19H2/b25-17+. The van der Waals surface area contributed by atoms with Gasteiger partial charge in [0.25, 0.3) is 11.8 Å². The lowest BCUT2D eigenvalue weighted by Crippen LogP contribution is -2.56. The van der Waals surface area contributed by atoms with Crippen molar-refractivity contribution in [2.24, 2.45) is 0 Å². The van der Waals surface area contributed by atoms with Crippen LogP contribution in [0.1, 0.15) is 11.1 Å². The molecule has 38 heavy (non-hydrogen) atoms. The molecule has 5 rings (SSSR count). The monoisotopic (exact) mass is 558 g/mol. The molecule has 0 saturated carbocycles. The molecule has 0 N–H and O–H groups in total. The molecular formula is C30H20Cl2N2O3S. The number of anilines is 2. The van der Waals surface area contributed by atoms with Crippen molar-refractivity contribution in [3.8, 4) is 5.75 Å². The van der Waals surface area contributed by atoms with Crippen LogP contribution < -0.4 is 14.5 Å². The first kappa shape index (κ1) is 25.7. The van der Waals surface area contributed by atoms with Crippen molar-refractivity contribution in [1.82, 2.24) is 0 Å². The Bertz CT molecular complexity index is 1540. The Morgan fingerprint density at radius 3 is 1.95 bits per heavy atom. The van der Waals surface area contributed by atoms with E-state index in [1.54, 1.807) is 72.8 Å². The molecule has 4 aromatic rings. The number of para-hydroxylation sites is 1. The molecule has 0 aliphatic carbocycles. The summed E-state index contributed by atoms with van der Waals surface area (Å²) in [4.78, 5) is 29.9. The third-order valence-corrected chi connectivity index (χ3v) is 6.97. The quantitative estimate of drug-likeness (QED) is 0.141. The Labute approximate surface area is 235 Å². The van der Waals surface area contributed by atoms with E-state index in [2.05, 4.69) is 0 Å². The van der Waals surface area contributed by atoms with E-state index in [4.69, 9.17) is 40.2 Å². The Morgan fingerprint density at radius 2 is 1.32 bits per heavy atom. The molecule has 0 spiro atoms. The predicted octanol–water partition coefficient (Wildman–Crippen LogP) is 7.32. The van der Waals surface area contributed by atoms with Crippen molar-refractivity contribution in [2.75, 3.05) is 9.80 Å². The SMILES string of the molecule is O=C1/C(=C\c2ccc(OCc3ccccc3)cc2)C(=O)N(c2ccc(Cl)c(Cl)c2)C(=S)N1c1ccccc1. The molecule has 0 radical (unpaired) electrons. The fraction of sp³-hybridized carbons (Fsp3) is 0.0333. The average molecular weight is 559 g/mol. The van der Waals surface area contributed by atoms with Gasteiger partial charge in [0.1, 0.15) is 17.9 Å². The Hall–Kier alpha value is -3.97. The van der Waals surface area contributed by atoms with Gasteiger partial charge in [-0.25, -0.2) is 0 Å². The number of carbonyl (C=O) groups excluding carboxylic acids is 2. The van der Waals surface area contributed by atoms with Gasteiger partial charge in [0.05, 0.1) is 21.4 Å². The molecule has 188 valence electrons. The highest BCUT2D eigenvalue weighted by Crippen LogP contribution is 2.33. The molecule has 1 heterocycles. The van der Waals surface area contributed by atoms with Gasteiger partial charge < -0.3 is 4.74 Å². The van der Waals surface area contributed by atoms with E-state index in [0.717, 1.165) is 5.56 Å². The van der Waals surface area contributed by atoms with Crippen LogP contribution in [0.15, 0.2) is 109 Å². The number of amides is 2. The maximum absolute atomic E-state index is 13.7. The lowest BCUT2D eigenvalue weighted by atomic mass is 10.0. The van der Waals surface area contributed by atoms with Crippen LogP contribution in [0.2, 0.25) is 10.0 Å². The summed E-state index contributed by atoms with van der Waals surface area (Å²) in [5.74, 6) is -0.413. The van der Waals surface area contributed by atoms with Crippen LogP contribution in [-0.4, -0.2) is 16.9 Å². The van der Waals surface area contributed by atoms with Crippen LogP contribution in [0, 0.1) is 0 Å². The summed E-state index contributed by atoms with van der Waals surface area (Å²) in [5.41, 5.74) is 2.60. The first-order chi connectivity index (χ1) is 18.4. The summed E-state index contributed by atoms with van der Waals surface area (Å²) in [6.45, 7) is 0.431. The molecule has 2 amide bonds. The molecule has 1 saturated heterocycles. The fourth-order valence-electron chi connectivity index (χ4n) is 3.95. The Morgan fingerprint density at radius 1 is 0.711 bits per heavy atom. The zero-order chi connectivity index (χ0) is 26.6. The average Bonchev–Trinajstić information content (AvgIpc) is 2.94. The normalized spacial score (nSPS) is 14.8. The van der Waals surface area contributed by atoms with Gasteiger partial charge >= 0.3 is 0 Å². The van der Waals surface area contributed by atoms with Gasteiger partial charge in [-0.2, -0.15) is 0 Å². The molecule has 1 aliphatic rings. The largest absolute Gasteiger partial charge is 0.489 e. The van der Waals surface area contributed by atoms with Crippen molar-refractivity contribution in [3.05, 3.63) is 130 Å². The molecular weight excluding hydrogens is 539 g/mol. The number of hydrogen-bond donors (Lipinski definition) is 0. The van der Waals surface area contributed by atoms with Gasteiger partial charge in [-0.1, -0.05) is 83.9 Å². The number of hydrogen-bond acceptors (Lipinski definition) is 4. The summed E-state index contributed by atoms with van der Waals surface area (Å²) in [5, 5.41) is 0.623. The van der Waals surface area contributed by atoms with Crippen LogP contribution in [0.3, 0.4) is 0 Å². The summed E-state index contributed by atoms with van der Waals surface area (Å²) < 4.78 is 5.85. The Kier molecular flexibility index (Phi) is 7.56. The van der Waals surface area contributed by atoms with E-state index in [1.807, 2.05) is 36.4 Å². The summed E-state index contributed by atoms with van der Waals surface area (Å²) in [6.07, 6.45) is 1.55. The lowest BCUT2D eigenvalue weighted by molar-refractivity contribution is -0.120. The zero-order valence-electron chi connectivity index (χ0n) is 19.9. The molecule has 0 aromatic heterocycles. The van der Waals surface area contributed by atoms with E-state index in [-0.39, 0.29) is 15.7 Å². The highest BCUT2D eigenvalue weighted by molar-refractivity contribution is 7.81. The second-order valence-electron chi connectivity index (χ2n) is 8.40. The summed E-state index contributed by atoms with van der Waals surface area (Å²) in [7, 11) is 0. The molecule has 0 bridgehead atoms. The van der Waals surface area contributed by atoms with E-state index in [0.29, 0.717) is 34.3 Å². The topological polar surface area (TPSA) is 49.9 Å². The molecule has 0 atom stereocenters. The van der Waals surface area contributed by atoms with Crippen LogP contribution in [0.5, 0.6) is 5.75 Å². The second kappa shape index (κ2) is 11.2. The maximum Gasteiger partial charge on any atom is 0.270 e. The smallest absolute Gasteiger partial charge is 0.270 e. The minimum Gasteiger partial charge on any atom is -0.489 e. The third kappa shape index (κ3) is 5.34. The van der Waals surface area contributed by atoms with Crippen molar-refractivity contribution in [1.29, 1.82) is 0 Å². The maximum atomic E-state index is 13.7. The summed E-state index contributed by atoms with van der Waals surface area (Å²) >= 11 is 18.0. The first-order valence-electron chi connectivity index (χ1n) is 11.6. The second-order valence-corrected chi connectivity index (χ2v) is 9.58. The number of thiocarbonyl (C=S) groups is 1.